The van der Waals surface area contributed by atoms with E-state index in [0.717, 1.165) is 9.31 Å². The Labute approximate surface area is 179 Å². The van der Waals surface area contributed by atoms with Gasteiger partial charge >= 0.3 is 17.5 Å². The summed E-state index contributed by atoms with van der Waals surface area (Å²) in [5, 5.41) is 0. The second-order valence-corrected chi connectivity index (χ2v) is 8.66. The van der Waals surface area contributed by atoms with Crippen molar-refractivity contribution in [2.24, 2.45) is 5.92 Å². The average Bonchev–Trinajstić information content (AvgIpc) is 3.13. The van der Waals surface area contributed by atoms with Crippen molar-refractivity contribution >= 4 is 11.7 Å². The monoisotopic (exact) mass is 422 g/mol. The Kier molecular flexibility index (Phi) is 5.08. The van der Waals surface area contributed by atoms with Crippen molar-refractivity contribution in [3.8, 4) is 5.69 Å². The highest BCUT2D eigenvalue weighted by Gasteiger charge is 2.55. The fourth-order valence-electron chi connectivity index (χ4n) is 4.14. The molecule has 3 aromatic rings. The van der Waals surface area contributed by atoms with Gasteiger partial charge in [-0.05, 0) is 44.0 Å². The molecule has 1 aliphatic rings. The Balaban J connectivity index is 1.92. The second-order valence-electron chi connectivity index (χ2n) is 8.66. The van der Waals surface area contributed by atoms with E-state index in [2.05, 4.69) is 0 Å². The van der Waals surface area contributed by atoms with E-state index in [1.54, 1.807) is 47.4 Å². The van der Waals surface area contributed by atoms with E-state index in [0.29, 0.717) is 17.9 Å². The molecule has 8 heteroatoms. The summed E-state index contributed by atoms with van der Waals surface area (Å²) in [6, 6.07) is 17.5. The minimum atomic E-state index is -0.841. The fourth-order valence-corrected chi connectivity index (χ4v) is 4.14. The highest BCUT2D eigenvalue weighted by molar-refractivity contribution is 5.95. The molecule has 0 bridgehead atoms. The Morgan fingerprint density at radius 3 is 2.00 bits per heavy atom. The number of para-hydroxylation sites is 2. The number of carbonyl (C=O) groups is 1. The highest BCUT2D eigenvalue weighted by Crippen LogP contribution is 2.42. The van der Waals surface area contributed by atoms with E-state index in [4.69, 9.17) is 4.52 Å². The van der Waals surface area contributed by atoms with Crippen molar-refractivity contribution in [3.05, 3.63) is 81.7 Å². The van der Waals surface area contributed by atoms with Crippen LogP contribution in [0.2, 0.25) is 0 Å². The van der Waals surface area contributed by atoms with Gasteiger partial charge in [0.25, 0.3) is 0 Å². The largest absolute Gasteiger partial charge is 0.447 e. The number of aromatic nitrogens is 2. The molecular weight excluding hydrogens is 396 g/mol. The van der Waals surface area contributed by atoms with Gasteiger partial charge in [-0.25, -0.2) is 14.4 Å². The third kappa shape index (κ3) is 3.37. The van der Waals surface area contributed by atoms with Gasteiger partial charge in [-0.3, -0.25) is 4.90 Å². The van der Waals surface area contributed by atoms with Gasteiger partial charge in [0.15, 0.2) is 6.17 Å². The van der Waals surface area contributed by atoms with Crippen LogP contribution in [0.1, 0.15) is 33.9 Å². The van der Waals surface area contributed by atoms with Crippen LogP contribution >= 0.6 is 0 Å². The summed E-state index contributed by atoms with van der Waals surface area (Å²) in [4.78, 5) is 42.8. The van der Waals surface area contributed by atoms with Crippen LogP contribution in [0.4, 0.5) is 10.5 Å². The summed E-state index contributed by atoms with van der Waals surface area (Å²) in [7, 11) is 0. The van der Waals surface area contributed by atoms with Crippen molar-refractivity contribution in [1.29, 1.82) is 0 Å². The van der Waals surface area contributed by atoms with Crippen molar-refractivity contribution in [3.63, 3.8) is 0 Å². The lowest BCUT2D eigenvalue weighted by molar-refractivity contribution is 0.0905. The predicted octanol–water partition coefficient (Wildman–Crippen LogP) is 3.47. The fraction of sp³-hybridized carbons (Fsp3) is 0.348. The molecule has 162 valence electrons. The molecule has 1 aromatic heterocycles. The number of rotatable bonds is 5. The molecule has 1 aliphatic heterocycles. The lowest BCUT2D eigenvalue weighted by Crippen LogP contribution is -2.48. The molecule has 0 spiro atoms. The minimum absolute atomic E-state index is 0.220. The number of urea groups is 1. The Morgan fingerprint density at radius 2 is 1.45 bits per heavy atom. The highest BCUT2D eigenvalue weighted by atomic mass is 16.5. The number of amides is 2. The van der Waals surface area contributed by atoms with Crippen LogP contribution in [0.5, 0.6) is 0 Å². The molecule has 0 aliphatic carbocycles. The molecule has 1 saturated heterocycles. The third-order valence-corrected chi connectivity index (χ3v) is 5.57. The normalized spacial score (nSPS) is 18.2. The standard InChI is InChI=1S/C23H26N4O4/c1-16(2)15-24-20(28)25(17-11-7-5-8-12-17)19(23(24,3)4)27-21(29)26(22(30)31-27)18-13-9-6-10-14-18/h5-14,16,19H,15H2,1-4H3. The first-order valence-electron chi connectivity index (χ1n) is 10.3. The van der Waals surface area contributed by atoms with Crippen molar-refractivity contribution in [2.75, 3.05) is 11.4 Å². The summed E-state index contributed by atoms with van der Waals surface area (Å²) >= 11 is 0. The average molecular weight is 422 g/mol. The molecule has 0 N–H and O–H groups in total. The maximum absolute atomic E-state index is 13.5. The molecule has 1 unspecified atom stereocenters. The first kappa shape index (κ1) is 20.7. The summed E-state index contributed by atoms with van der Waals surface area (Å²) < 4.78 is 7.47. The van der Waals surface area contributed by atoms with E-state index < -0.39 is 23.2 Å². The lowest BCUT2D eigenvalue weighted by Gasteiger charge is -2.34. The maximum atomic E-state index is 13.5. The van der Waals surface area contributed by atoms with Crippen LogP contribution in [0.15, 0.2) is 74.8 Å². The van der Waals surface area contributed by atoms with E-state index in [1.807, 2.05) is 45.9 Å². The van der Waals surface area contributed by atoms with Crippen LogP contribution in [0.3, 0.4) is 0 Å². The van der Waals surface area contributed by atoms with Gasteiger partial charge in [0, 0.05) is 12.2 Å². The molecule has 2 amide bonds. The van der Waals surface area contributed by atoms with Gasteiger partial charge < -0.3 is 9.42 Å². The molecule has 4 rings (SSSR count). The topological polar surface area (TPSA) is 80.7 Å². The van der Waals surface area contributed by atoms with Gasteiger partial charge in [-0.2, -0.15) is 4.57 Å². The lowest BCUT2D eigenvalue weighted by atomic mass is 9.99. The molecule has 0 saturated carbocycles. The van der Waals surface area contributed by atoms with E-state index in [1.165, 1.54) is 4.90 Å². The van der Waals surface area contributed by atoms with Crippen LogP contribution in [-0.2, 0) is 0 Å². The zero-order chi connectivity index (χ0) is 22.3. The number of benzene rings is 2. The molecule has 1 atom stereocenters. The number of carbonyl (C=O) groups excluding carboxylic acids is 1. The Hall–Kier alpha value is -3.55. The molecule has 2 heterocycles. The van der Waals surface area contributed by atoms with Crippen LogP contribution in [0, 0.1) is 5.92 Å². The van der Waals surface area contributed by atoms with Gasteiger partial charge in [0.05, 0.1) is 11.2 Å². The number of nitrogens with zero attached hydrogens (tertiary/aromatic N) is 4. The summed E-state index contributed by atoms with van der Waals surface area (Å²) in [5.74, 6) is -0.577. The maximum Gasteiger partial charge on any atom is 0.447 e. The van der Waals surface area contributed by atoms with Crippen molar-refractivity contribution in [1.82, 2.24) is 14.2 Å². The van der Waals surface area contributed by atoms with Gasteiger partial charge in [0.1, 0.15) is 0 Å². The molecule has 0 radical (unpaired) electrons. The molecule has 1 fully saturated rings. The molecular formula is C23H26N4O4. The summed E-state index contributed by atoms with van der Waals surface area (Å²) in [5.41, 5.74) is -0.416. The third-order valence-electron chi connectivity index (χ3n) is 5.57. The van der Waals surface area contributed by atoms with E-state index >= 15 is 0 Å². The Morgan fingerprint density at radius 1 is 0.903 bits per heavy atom. The molecule has 2 aromatic carbocycles. The number of hydrogen-bond donors (Lipinski definition) is 0. The predicted molar refractivity (Wildman–Crippen MR) is 118 cm³/mol. The van der Waals surface area contributed by atoms with Gasteiger partial charge in [0.2, 0.25) is 0 Å². The van der Waals surface area contributed by atoms with Crippen molar-refractivity contribution < 1.29 is 9.32 Å². The zero-order valence-electron chi connectivity index (χ0n) is 18.1. The Bertz CT molecular complexity index is 1190. The van der Waals surface area contributed by atoms with E-state index in [9.17, 15) is 14.4 Å². The quantitative estimate of drug-likeness (QED) is 0.631. The number of hydrogen-bond acceptors (Lipinski definition) is 4. The second kappa shape index (κ2) is 7.61. The summed E-state index contributed by atoms with van der Waals surface area (Å²) in [6.45, 7) is 8.33. The van der Waals surface area contributed by atoms with E-state index in [-0.39, 0.29) is 11.9 Å². The first-order valence-corrected chi connectivity index (χ1v) is 10.3. The molecule has 31 heavy (non-hydrogen) atoms. The van der Waals surface area contributed by atoms with Crippen LogP contribution < -0.4 is 16.3 Å². The summed E-state index contributed by atoms with van der Waals surface area (Å²) in [6.07, 6.45) is -0.841. The first-order chi connectivity index (χ1) is 14.7. The van der Waals surface area contributed by atoms with Crippen LogP contribution in [0.25, 0.3) is 5.69 Å². The van der Waals surface area contributed by atoms with Crippen molar-refractivity contribution in [2.45, 2.75) is 39.4 Å². The minimum Gasteiger partial charge on any atom is -0.315 e. The smallest absolute Gasteiger partial charge is 0.315 e. The zero-order valence-corrected chi connectivity index (χ0v) is 18.1. The van der Waals surface area contributed by atoms with Gasteiger partial charge in [-0.15, -0.1) is 4.74 Å². The number of anilines is 1. The molecule has 8 nitrogen and oxygen atoms in total. The van der Waals surface area contributed by atoms with Crippen LogP contribution in [-0.4, -0.2) is 32.3 Å². The van der Waals surface area contributed by atoms with Gasteiger partial charge in [-0.1, -0.05) is 50.2 Å². The SMILES string of the molecule is CC(C)CN1C(=O)N(c2ccccc2)C(n2oc(=O)n(-c3ccccc3)c2=O)C1(C)C.